The summed E-state index contributed by atoms with van der Waals surface area (Å²) in [4.78, 5) is 33.5. The third-order valence-corrected chi connectivity index (χ3v) is 7.57. The number of hydrogen-bond acceptors (Lipinski definition) is 6. The number of aromatic amines is 2. The van der Waals surface area contributed by atoms with E-state index >= 15 is 4.39 Å². The fourth-order valence-electron chi connectivity index (χ4n) is 5.48. The van der Waals surface area contributed by atoms with Crippen LogP contribution in [0.5, 0.6) is 0 Å². The molecule has 3 N–H and O–H groups in total. The summed E-state index contributed by atoms with van der Waals surface area (Å²) < 4.78 is 29.6. The van der Waals surface area contributed by atoms with Gasteiger partial charge < -0.3 is 10.3 Å². The molecule has 0 bridgehead atoms. The molecule has 0 atom stereocenters. The monoisotopic (exact) mass is 550 g/mol. The lowest BCUT2D eigenvalue weighted by molar-refractivity contribution is -0.120. The van der Waals surface area contributed by atoms with E-state index in [4.69, 9.17) is 4.98 Å². The number of aromatic nitrogens is 7. The SMILES string of the molecule is O=C(Nc1cncc(-c2ncc3[nH]nc(-c4nc5c(-c6ccc(F)cc6)cncc5[nH]4)c3c2F)c1)C1CCCCC1. The van der Waals surface area contributed by atoms with E-state index in [-0.39, 0.29) is 34.4 Å². The summed E-state index contributed by atoms with van der Waals surface area (Å²) in [6, 6.07) is 7.73. The smallest absolute Gasteiger partial charge is 0.227 e. The van der Waals surface area contributed by atoms with Crippen LogP contribution in [0, 0.1) is 17.6 Å². The highest BCUT2D eigenvalue weighted by molar-refractivity contribution is 5.98. The zero-order valence-electron chi connectivity index (χ0n) is 21.8. The number of carbonyl (C=O) groups excluding carboxylic acids is 1. The second-order valence-electron chi connectivity index (χ2n) is 10.2. The number of rotatable bonds is 5. The molecule has 1 saturated carbocycles. The summed E-state index contributed by atoms with van der Waals surface area (Å²) in [7, 11) is 0. The van der Waals surface area contributed by atoms with Crippen LogP contribution in [0.4, 0.5) is 14.5 Å². The third kappa shape index (κ3) is 4.58. The molecule has 5 heterocycles. The van der Waals surface area contributed by atoms with Gasteiger partial charge >= 0.3 is 0 Å². The molecule has 0 saturated heterocycles. The van der Waals surface area contributed by atoms with Gasteiger partial charge in [-0.25, -0.2) is 13.8 Å². The molecule has 1 aromatic carbocycles. The Kier molecular flexibility index (Phi) is 6.18. The van der Waals surface area contributed by atoms with Crippen molar-refractivity contribution in [3.63, 3.8) is 0 Å². The first kappa shape index (κ1) is 24.9. The van der Waals surface area contributed by atoms with Gasteiger partial charge in [-0.2, -0.15) is 5.10 Å². The van der Waals surface area contributed by atoms with Gasteiger partial charge in [-0.1, -0.05) is 31.4 Å². The van der Waals surface area contributed by atoms with Crippen LogP contribution in [0.2, 0.25) is 0 Å². The Morgan fingerprint density at radius 1 is 0.878 bits per heavy atom. The van der Waals surface area contributed by atoms with E-state index in [0.717, 1.165) is 37.7 Å². The molecular formula is C30H24F2N8O. The Bertz CT molecular complexity index is 1910. The molecular weight excluding hydrogens is 526 g/mol. The van der Waals surface area contributed by atoms with Crippen molar-refractivity contribution in [2.75, 3.05) is 5.32 Å². The predicted molar refractivity (Wildman–Crippen MR) is 151 cm³/mol. The van der Waals surface area contributed by atoms with Gasteiger partial charge in [0.2, 0.25) is 5.91 Å². The molecule has 7 rings (SSSR count). The number of fused-ring (bicyclic) bond motifs is 2. The first-order valence-corrected chi connectivity index (χ1v) is 13.4. The number of imidazole rings is 1. The van der Waals surface area contributed by atoms with Gasteiger partial charge in [-0.3, -0.25) is 24.8 Å². The summed E-state index contributed by atoms with van der Waals surface area (Å²) in [5.41, 5.74) is 4.32. The van der Waals surface area contributed by atoms with E-state index < -0.39 is 5.82 Å². The normalized spacial score (nSPS) is 14.1. The number of carbonyl (C=O) groups is 1. The van der Waals surface area contributed by atoms with Gasteiger partial charge in [0, 0.05) is 29.4 Å². The van der Waals surface area contributed by atoms with Gasteiger partial charge in [0.1, 0.15) is 17.2 Å². The first-order chi connectivity index (χ1) is 20.0. The molecule has 204 valence electrons. The van der Waals surface area contributed by atoms with Crippen LogP contribution in [0.15, 0.2) is 61.3 Å². The van der Waals surface area contributed by atoms with Crippen LogP contribution in [-0.4, -0.2) is 41.0 Å². The van der Waals surface area contributed by atoms with Gasteiger partial charge in [-0.05, 0) is 36.6 Å². The highest BCUT2D eigenvalue weighted by atomic mass is 19.1. The molecule has 0 unspecified atom stereocenters. The van der Waals surface area contributed by atoms with Crippen molar-refractivity contribution in [2.45, 2.75) is 32.1 Å². The van der Waals surface area contributed by atoms with E-state index in [9.17, 15) is 9.18 Å². The number of anilines is 1. The van der Waals surface area contributed by atoms with Gasteiger partial charge in [0.25, 0.3) is 0 Å². The number of hydrogen-bond donors (Lipinski definition) is 3. The lowest BCUT2D eigenvalue weighted by Crippen LogP contribution is -2.24. The maximum atomic E-state index is 16.1. The molecule has 0 aliphatic heterocycles. The fraction of sp³-hybridized carbons (Fsp3) is 0.200. The summed E-state index contributed by atoms with van der Waals surface area (Å²) in [5.74, 6) is -0.656. The molecule has 11 heteroatoms. The molecule has 1 fully saturated rings. The molecule has 0 spiro atoms. The summed E-state index contributed by atoms with van der Waals surface area (Å²) in [6.45, 7) is 0. The Balaban J connectivity index is 1.26. The van der Waals surface area contributed by atoms with Crippen molar-refractivity contribution in [2.24, 2.45) is 5.92 Å². The van der Waals surface area contributed by atoms with Crippen molar-refractivity contribution in [1.82, 2.24) is 35.1 Å². The van der Waals surface area contributed by atoms with Crippen LogP contribution in [-0.2, 0) is 4.79 Å². The molecule has 9 nitrogen and oxygen atoms in total. The molecule has 1 aliphatic carbocycles. The summed E-state index contributed by atoms with van der Waals surface area (Å²) >= 11 is 0. The molecule has 0 radical (unpaired) electrons. The van der Waals surface area contributed by atoms with E-state index in [1.165, 1.54) is 24.5 Å². The molecule has 41 heavy (non-hydrogen) atoms. The van der Waals surface area contributed by atoms with Crippen LogP contribution >= 0.6 is 0 Å². The van der Waals surface area contributed by atoms with Gasteiger partial charge in [0.05, 0.1) is 46.2 Å². The number of halogens is 2. The van der Waals surface area contributed by atoms with Gasteiger partial charge in [0.15, 0.2) is 11.6 Å². The van der Waals surface area contributed by atoms with E-state index in [1.807, 2.05) is 0 Å². The topological polar surface area (TPSA) is 125 Å². The minimum absolute atomic E-state index is 0.0188. The number of H-pyrrole nitrogens is 2. The molecule has 1 amide bonds. The predicted octanol–water partition coefficient (Wildman–Crippen LogP) is 6.42. The van der Waals surface area contributed by atoms with Crippen molar-refractivity contribution in [1.29, 1.82) is 0 Å². The van der Waals surface area contributed by atoms with Crippen LogP contribution < -0.4 is 5.32 Å². The van der Waals surface area contributed by atoms with Crippen molar-refractivity contribution >= 4 is 33.5 Å². The zero-order chi connectivity index (χ0) is 27.9. The summed E-state index contributed by atoms with van der Waals surface area (Å²) in [6.07, 6.45) is 12.8. The molecule has 1 aliphatic rings. The lowest BCUT2D eigenvalue weighted by Gasteiger charge is -2.20. The van der Waals surface area contributed by atoms with Crippen LogP contribution in [0.1, 0.15) is 32.1 Å². The Labute approximate surface area is 232 Å². The maximum Gasteiger partial charge on any atom is 0.227 e. The van der Waals surface area contributed by atoms with Gasteiger partial charge in [-0.15, -0.1) is 0 Å². The molecule has 5 aromatic heterocycles. The number of amides is 1. The molecule has 6 aromatic rings. The van der Waals surface area contributed by atoms with Crippen molar-refractivity contribution < 1.29 is 13.6 Å². The standard InChI is InChI=1S/C30H24F2N8O/c31-19-8-6-16(7-9-19)21-13-34-14-23-27(21)38-29(37-23)28-24-22(39-40-28)15-35-26(25(24)32)18-10-20(12-33-11-18)36-30(41)17-4-2-1-3-5-17/h6-15,17H,1-5H2,(H,36,41)(H,37,38)(H,39,40). The van der Waals surface area contributed by atoms with E-state index in [2.05, 4.69) is 35.5 Å². The van der Waals surface area contributed by atoms with E-state index in [0.29, 0.717) is 39.2 Å². The highest BCUT2D eigenvalue weighted by Gasteiger charge is 2.23. The maximum absolute atomic E-state index is 16.1. The second-order valence-corrected chi connectivity index (χ2v) is 10.2. The van der Waals surface area contributed by atoms with E-state index in [1.54, 1.807) is 36.8 Å². The largest absolute Gasteiger partial charge is 0.335 e. The minimum atomic E-state index is -0.596. The highest BCUT2D eigenvalue weighted by Crippen LogP contribution is 2.35. The Morgan fingerprint density at radius 3 is 2.51 bits per heavy atom. The average Bonchev–Trinajstić information content (AvgIpc) is 3.63. The minimum Gasteiger partial charge on any atom is -0.335 e. The zero-order valence-corrected chi connectivity index (χ0v) is 21.8. The van der Waals surface area contributed by atoms with Crippen molar-refractivity contribution in [3.05, 3.63) is 73.0 Å². The van der Waals surface area contributed by atoms with Crippen molar-refractivity contribution in [3.8, 4) is 33.9 Å². The average molecular weight is 551 g/mol. The first-order valence-electron chi connectivity index (χ1n) is 13.4. The Morgan fingerprint density at radius 2 is 1.68 bits per heavy atom. The van der Waals surface area contributed by atoms with Crippen LogP contribution in [0.25, 0.3) is 55.8 Å². The number of benzene rings is 1. The number of nitrogens with zero attached hydrogens (tertiary/aromatic N) is 5. The lowest BCUT2D eigenvalue weighted by atomic mass is 9.88. The quantitative estimate of drug-likeness (QED) is 0.227. The Hall–Kier alpha value is -5.06. The summed E-state index contributed by atoms with van der Waals surface area (Å²) in [5, 5.41) is 10.3. The second kappa shape index (κ2) is 10.2. The van der Waals surface area contributed by atoms with Crippen LogP contribution in [0.3, 0.4) is 0 Å². The number of pyridine rings is 3. The fourth-order valence-corrected chi connectivity index (χ4v) is 5.48. The third-order valence-electron chi connectivity index (χ3n) is 7.57. The number of nitrogens with one attached hydrogen (secondary N) is 3.